The Bertz CT molecular complexity index is 1260. The molecule has 1 aliphatic heterocycles. The number of rotatable bonds is 3. The van der Waals surface area contributed by atoms with Gasteiger partial charge in [0.05, 0.1) is 0 Å². The molecule has 3 aromatic rings. The summed E-state index contributed by atoms with van der Waals surface area (Å²) in [5.41, 5.74) is 5.03. The number of aromatic nitrogens is 4. The lowest BCUT2D eigenvalue weighted by atomic mass is 10.0. The Morgan fingerprint density at radius 3 is 2.74 bits per heavy atom. The Morgan fingerprint density at radius 2 is 2.10 bits per heavy atom. The second-order valence-corrected chi connectivity index (χ2v) is 7.31. The van der Waals surface area contributed by atoms with Crippen LogP contribution in [0.3, 0.4) is 0 Å². The van der Waals surface area contributed by atoms with E-state index in [9.17, 15) is 14.7 Å². The largest absolute Gasteiger partial charge is 0.369 e. The topological polar surface area (TPSA) is 127 Å². The van der Waals surface area contributed by atoms with Crippen molar-refractivity contribution in [1.82, 2.24) is 24.4 Å². The quantitative estimate of drug-likeness (QED) is 0.605. The highest BCUT2D eigenvalue weighted by Gasteiger charge is 2.42. The van der Waals surface area contributed by atoms with E-state index >= 15 is 0 Å². The third-order valence-electron chi connectivity index (χ3n) is 5.08. The van der Waals surface area contributed by atoms with Crippen LogP contribution in [0.15, 0.2) is 42.7 Å². The summed E-state index contributed by atoms with van der Waals surface area (Å²) < 4.78 is 1.72. The van der Waals surface area contributed by atoms with Crippen LogP contribution in [0.5, 0.6) is 0 Å². The average molecular weight is 416 g/mol. The summed E-state index contributed by atoms with van der Waals surface area (Å²) in [4.78, 5) is 38.4. The van der Waals surface area contributed by atoms with Crippen molar-refractivity contribution in [1.29, 1.82) is 0 Å². The molecule has 0 aliphatic carbocycles. The molecule has 2 aromatic heterocycles. The Morgan fingerprint density at radius 1 is 1.29 bits per heavy atom. The first-order valence-electron chi connectivity index (χ1n) is 9.57. The highest BCUT2D eigenvalue weighted by atomic mass is 16.3. The van der Waals surface area contributed by atoms with E-state index in [1.807, 2.05) is 6.92 Å². The van der Waals surface area contributed by atoms with E-state index in [2.05, 4.69) is 26.8 Å². The number of likely N-dealkylation sites (N-methyl/N-ethyl adjacent to an activating group) is 1. The van der Waals surface area contributed by atoms with Crippen LogP contribution in [0.1, 0.15) is 28.3 Å². The summed E-state index contributed by atoms with van der Waals surface area (Å²) in [6.45, 7) is 2.27. The highest BCUT2D eigenvalue weighted by molar-refractivity contribution is 5.92. The first kappa shape index (κ1) is 20.3. The first-order chi connectivity index (χ1) is 14.8. The minimum Gasteiger partial charge on any atom is -0.369 e. The number of likely N-dealkylation sites (tertiary alicyclic amines) is 1. The number of nitrogens with two attached hydrogens (primary N) is 1. The molecule has 2 amide bonds. The molecule has 3 heterocycles. The fraction of sp³-hybridized carbons (Fsp3) is 0.227. The average Bonchev–Trinajstić information content (AvgIpc) is 3.31. The maximum Gasteiger partial charge on any atom is 0.267 e. The number of aliphatic hydroxyl groups is 1. The molecule has 1 atom stereocenters. The second kappa shape index (κ2) is 7.66. The number of benzene rings is 1. The van der Waals surface area contributed by atoms with Crippen molar-refractivity contribution in [3.63, 3.8) is 0 Å². The van der Waals surface area contributed by atoms with Crippen LogP contribution in [0, 0.1) is 18.8 Å². The van der Waals surface area contributed by atoms with Gasteiger partial charge in [-0.15, -0.1) is 0 Å². The summed E-state index contributed by atoms with van der Waals surface area (Å²) in [5.74, 6) is 5.91. The van der Waals surface area contributed by atoms with Crippen molar-refractivity contribution in [2.24, 2.45) is 5.73 Å². The van der Waals surface area contributed by atoms with Crippen LogP contribution >= 0.6 is 0 Å². The lowest BCUT2D eigenvalue weighted by molar-refractivity contribution is -0.137. The number of nitrogens with zero attached hydrogens (tertiary/aromatic N) is 5. The standard InChI is InChI=1S/C22H20N6O3/c1-14-24-9-11-28(14)18-13-17(19(23)29)25-20(26-18)16-5-3-4-15(12-16)6-7-22(31)8-10-27(2)21(22)30/h3-5,9,11-13,31H,8,10H2,1-2H3,(H2,23,29)/t22-/m0/s1. The summed E-state index contributed by atoms with van der Waals surface area (Å²) in [7, 11) is 1.63. The third kappa shape index (κ3) is 3.89. The minimum atomic E-state index is -1.68. The lowest BCUT2D eigenvalue weighted by Crippen LogP contribution is -2.37. The molecule has 3 N–H and O–H groups in total. The van der Waals surface area contributed by atoms with Crippen molar-refractivity contribution in [3.05, 3.63) is 59.8 Å². The van der Waals surface area contributed by atoms with Crippen molar-refractivity contribution >= 4 is 11.8 Å². The molecule has 1 fully saturated rings. The molecule has 0 saturated carbocycles. The van der Waals surface area contributed by atoms with Gasteiger partial charge in [-0.3, -0.25) is 14.2 Å². The van der Waals surface area contributed by atoms with Crippen LogP contribution in [0.2, 0.25) is 0 Å². The molecule has 0 unspecified atom stereocenters. The van der Waals surface area contributed by atoms with Gasteiger partial charge in [-0.25, -0.2) is 15.0 Å². The number of hydrogen-bond acceptors (Lipinski definition) is 6. The van der Waals surface area contributed by atoms with E-state index in [-0.39, 0.29) is 12.1 Å². The van der Waals surface area contributed by atoms with Crippen molar-refractivity contribution in [3.8, 4) is 29.0 Å². The van der Waals surface area contributed by atoms with Crippen LogP contribution in [0.4, 0.5) is 0 Å². The van der Waals surface area contributed by atoms with Gasteiger partial charge in [0.15, 0.2) is 5.82 Å². The fourth-order valence-corrected chi connectivity index (χ4v) is 3.31. The van der Waals surface area contributed by atoms with Crippen molar-refractivity contribution < 1.29 is 14.7 Å². The van der Waals surface area contributed by atoms with Gasteiger partial charge in [-0.1, -0.05) is 24.0 Å². The lowest BCUT2D eigenvalue weighted by Gasteiger charge is -2.13. The Kier molecular flexibility index (Phi) is 5.01. The maximum absolute atomic E-state index is 12.1. The molecule has 4 rings (SSSR count). The van der Waals surface area contributed by atoms with Crippen molar-refractivity contribution in [2.45, 2.75) is 18.9 Å². The molecular formula is C22H20N6O3. The first-order valence-corrected chi connectivity index (χ1v) is 9.57. The minimum absolute atomic E-state index is 0.0680. The summed E-state index contributed by atoms with van der Waals surface area (Å²) in [6.07, 6.45) is 3.61. The third-order valence-corrected chi connectivity index (χ3v) is 5.08. The molecule has 9 nitrogen and oxygen atoms in total. The van der Waals surface area contributed by atoms with Gasteiger partial charge < -0.3 is 15.7 Å². The van der Waals surface area contributed by atoms with Crippen LogP contribution < -0.4 is 5.73 Å². The predicted molar refractivity (Wildman–Crippen MR) is 112 cm³/mol. The summed E-state index contributed by atoms with van der Waals surface area (Å²) in [5, 5.41) is 10.5. The number of primary amides is 1. The van der Waals surface area contributed by atoms with Crippen LogP contribution in [0.25, 0.3) is 17.2 Å². The zero-order valence-electron chi connectivity index (χ0n) is 17.0. The predicted octanol–water partition coefficient (Wildman–Crippen LogP) is 0.681. The van der Waals surface area contributed by atoms with Crippen LogP contribution in [-0.4, -0.2) is 60.5 Å². The van der Waals surface area contributed by atoms with Gasteiger partial charge in [0.25, 0.3) is 11.8 Å². The number of hydrogen-bond donors (Lipinski definition) is 2. The van der Waals surface area contributed by atoms with Gasteiger partial charge in [0, 0.05) is 49.6 Å². The Balaban J connectivity index is 1.74. The molecule has 0 spiro atoms. The molecular weight excluding hydrogens is 396 g/mol. The number of carbonyl (C=O) groups excluding carboxylic acids is 2. The van der Waals surface area contributed by atoms with E-state index < -0.39 is 17.4 Å². The molecule has 1 aliphatic rings. The Hall–Kier alpha value is -4.03. The van der Waals surface area contributed by atoms with E-state index in [1.54, 1.807) is 48.3 Å². The number of imidazole rings is 1. The molecule has 31 heavy (non-hydrogen) atoms. The molecule has 9 heteroatoms. The zero-order valence-corrected chi connectivity index (χ0v) is 17.0. The Labute approximate surface area is 178 Å². The smallest absolute Gasteiger partial charge is 0.267 e. The number of amides is 2. The monoisotopic (exact) mass is 416 g/mol. The van der Waals surface area contributed by atoms with Crippen LogP contribution in [-0.2, 0) is 4.79 Å². The molecule has 1 aromatic carbocycles. The van der Waals surface area contributed by atoms with E-state index in [4.69, 9.17) is 5.73 Å². The number of aryl methyl sites for hydroxylation is 1. The van der Waals surface area contributed by atoms with Gasteiger partial charge >= 0.3 is 0 Å². The van der Waals surface area contributed by atoms with Gasteiger partial charge in [-0.05, 0) is 19.1 Å². The van der Waals surface area contributed by atoms with E-state index in [0.717, 1.165) is 0 Å². The summed E-state index contributed by atoms with van der Waals surface area (Å²) in [6, 6.07) is 8.52. The fourth-order valence-electron chi connectivity index (χ4n) is 3.31. The molecule has 0 radical (unpaired) electrons. The maximum atomic E-state index is 12.1. The van der Waals surface area contributed by atoms with Gasteiger partial charge in [0.1, 0.15) is 17.3 Å². The van der Waals surface area contributed by atoms with E-state index in [0.29, 0.717) is 35.1 Å². The van der Waals surface area contributed by atoms with Gasteiger partial charge in [-0.2, -0.15) is 0 Å². The zero-order chi connectivity index (χ0) is 22.2. The highest BCUT2D eigenvalue weighted by Crippen LogP contribution is 2.22. The second-order valence-electron chi connectivity index (χ2n) is 7.31. The number of carbonyl (C=O) groups is 2. The molecule has 1 saturated heterocycles. The normalized spacial score (nSPS) is 18.0. The molecule has 0 bridgehead atoms. The van der Waals surface area contributed by atoms with E-state index in [1.165, 1.54) is 11.0 Å². The van der Waals surface area contributed by atoms with Crippen molar-refractivity contribution in [2.75, 3.05) is 13.6 Å². The SMILES string of the molecule is Cc1nccn1-c1cc(C(N)=O)nc(-c2cccc(C#C[C@]3(O)CCN(C)C3=O)c2)n1. The molecule has 156 valence electrons. The summed E-state index contributed by atoms with van der Waals surface area (Å²) >= 11 is 0. The van der Waals surface area contributed by atoms with Gasteiger partial charge in [0.2, 0.25) is 5.60 Å².